The van der Waals surface area contributed by atoms with Crippen LogP contribution in [0.3, 0.4) is 0 Å². The fraction of sp³-hybridized carbons (Fsp3) is 0.263. The second-order valence-corrected chi connectivity index (χ2v) is 5.20. The summed E-state index contributed by atoms with van der Waals surface area (Å²) in [6.07, 6.45) is 4.01. The van der Waals surface area contributed by atoms with Gasteiger partial charge in [-0.25, -0.2) is 8.78 Å². The molecule has 5 heteroatoms. The van der Waals surface area contributed by atoms with Gasteiger partial charge in [0, 0.05) is 11.6 Å². The van der Waals surface area contributed by atoms with Gasteiger partial charge in [0.15, 0.2) is 11.5 Å². The van der Waals surface area contributed by atoms with Gasteiger partial charge in [0.25, 0.3) is 0 Å². The van der Waals surface area contributed by atoms with Crippen molar-refractivity contribution >= 4 is 6.08 Å². The number of benzene rings is 2. The van der Waals surface area contributed by atoms with E-state index in [-0.39, 0.29) is 0 Å². The van der Waals surface area contributed by atoms with Gasteiger partial charge in [0.2, 0.25) is 5.75 Å². The molecule has 0 aromatic heterocycles. The maximum absolute atomic E-state index is 13.7. The molecule has 128 valence electrons. The Kier molecular flexibility index (Phi) is 5.79. The van der Waals surface area contributed by atoms with E-state index in [0.717, 1.165) is 17.2 Å². The lowest BCUT2D eigenvalue weighted by molar-refractivity contribution is 0.323. The van der Waals surface area contributed by atoms with Gasteiger partial charge >= 0.3 is 0 Å². The van der Waals surface area contributed by atoms with Crippen LogP contribution < -0.4 is 14.2 Å². The summed E-state index contributed by atoms with van der Waals surface area (Å²) in [7, 11) is 4.66. The van der Waals surface area contributed by atoms with Crippen LogP contribution in [0.25, 0.3) is 6.08 Å². The molecule has 0 amide bonds. The normalized spacial score (nSPS) is 10.9. The number of hydrogen-bond acceptors (Lipinski definition) is 3. The minimum atomic E-state index is -0.583. The SMILES string of the molecule is COc1cc(/C=C/Cc2ccc(F)cc2F)c(C)c(OC)c1OC. The standard InChI is InChI=1S/C19H20F2O3/c1-12-14(10-17(22-2)19(24-4)18(12)23-3)7-5-6-13-8-9-15(20)11-16(13)21/h5,7-11H,6H2,1-4H3/b7-5+. The van der Waals surface area contributed by atoms with Crippen molar-refractivity contribution in [3.8, 4) is 17.2 Å². The molecule has 0 N–H and O–H groups in total. The van der Waals surface area contributed by atoms with Crippen LogP contribution in [0.5, 0.6) is 17.2 Å². The summed E-state index contributed by atoms with van der Waals surface area (Å²) in [5, 5.41) is 0. The molecule has 0 atom stereocenters. The number of rotatable bonds is 6. The van der Waals surface area contributed by atoms with Crippen molar-refractivity contribution < 1.29 is 23.0 Å². The van der Waals surface area contributed by atoms with Gasteiger partial charge in [-0.05, 0) is 36.6 Å². The average molecular weight is 334 g/mol. The molecular formula is C19H20F2O3. The average Bonchev–Trinajstić information content (AvgIpc) is 2.57. The third-order valence-corrected chi connectivity index (χ3v) is 3.77. The fourth-order valence-electron chi connectivity index (χ4n) is 2.49. The van der Waals surface area contributed by atoms with E-state index in [0.29, 0.717) is 29.2 Å². The second kappa shape index (κ2) is 7.81. The molecule has 2 aromatic carbocycles. The van der Waals surface area contributed by atoms with E-state index in [1.807, 2.05) is 25.1 Å². The van der Waals surface area contributed by atoms with E-state index in [1.165, 1.54) is 12.1 Å². The number of halogens is 2. The first-order valence-corrected chi connectivity index (χ1v) is 7.41. The van der Waals surface area contributed by atoms with E-state index < -0.39 is 11.6 Å². The molecule has 0 spiro atoms. The van der Waals surface area contributed by atoms with Gasteiger partial charge in [-0.1, -0.05) is 18.2 Å². The summed E-state index contributed by atoms with van der Waals surface area (Å²) in [6.45, 7) is 1.90. The molecule has 0 saturated carbocycles. The Hall–Kier alpha value is -2.56. The summed E-state index contributed by atoms with van der Waals surface area (Å²) >= 11 is 0. The van der Waals surface area contributed by atoms with Gasteiger partial charge in [-0.15, -0.1) is 0 Å². The van der Waals surface area contributed by atoms with Gasteiger partial charge in [0.05, 0.1) is 21.3 Å². The van der Waals surface area contributed by atoms with Crippen molar-refractivity contribution in [3.63, 3.8) is 0 Å². The van der Waals surface area contributed by atoms with E-state index in [2.05, 4.69) is 0 Å². The lowest BCUT2D eigenvalue weighted by Gasteiger charge is -2.16. The lowest BCUT2D eigenvalue weighted by atomic mass is 10.0. The summed E-state index contributed by atoms with van der Waals surface area (Å²) in [4.78, 5) is 0. The highest BCUT2D eigenvalue weighted by atomic mass is 19.1. The van der Waals surface area contributed by atoms with Crippen molar-refractivity contribution in [1.82, 2.24) is 0 Å². The highest BCUT2D eigenvalue weighted by molar-refractivity contribution is 5.67. The maximum atomic E-state index is 13.7. The van der Waals surface area contributed by atoms with Crippen LogP contribution in [-0.2, 0) is 6.42 Å². The summed E-state index contributed by atoms with van der Waals surface area (Å²) in [6, 6.07) is 5.40. The van der Waals surface area contributed by atoms with Crippen LogP contribution in [0.1, 0.15) is 16.7 Å². The molecule has 0 bridgehead atoms. The minimum absolute atomic E-state index is 0.349. The molecule has 2 aromatic rings. The molecule has 3 nitrogen and oxygen atoms in total. The van der Waals surface area contributed by atoms with Crippen LogP contribution >= 0.6 is 0 Å². The monoisotopic (exact) mass is 334 g/mol. The lowest BCUT2D eigenvalue weighted by Crippen LogP contribution is -1.98. The molecule has 0 saturated heterocycles. The fourth-order valence-corrected chi connectivity index (χ4v) is 2.49. The first kappa shape index (κ1) is 17.8. The van der Waals surface area contributed by atoms with Crippen molar-refractivity contribution in [2.75, 3.05) is 21.3 Å². The second-order valence-electron chi connectivity index (χ2n) is 5.20. The van der Waals surface area contributed by atoms with E-state index in [1.54, 1.807) is 21.3 Å². The van der Waals surface area contributed by atoms with Crippen LogP contribution in [0.2, 0.25) is 0 Å². The summed E-state index contributed by atoms with van der Waals surface area (Å²) < 4.78 is 42.7. The van der Waals surface area contributed by atoms with Crippen LogP contribution in [-0.4, -0.2) is 21.3 Å². The highest BCUT2D eigenvalue weighted by Crippen LogP contribution is 2.41. The zero-order valence-electron chi connectivity index (χ0n) is 14.2. The third kappa shape index (κ3) is 3.67. The largest absolute Gasteiger partial charge is 0.493 e. The highest BCUT2D eigenvalue weighted by Gasteiger charge is 2.16. The topological polar surface area (TPSA) is 27.7 Å². The molecule has 0 aliphatic carbocycles. The molecule has 24 heavy (non-hydrogen) atoms. The summed E-state index contributed by atoms with van der Waals surface area (Å²) in [5.41, 5.74) is 2.18. The quantitative estimate of drug-likeness (QED) is 0.775. The predicted octanol–water partition coefficient (Wildman–Crippen LogP) is 4.55. The number of hydrogen-bond donors (Lipinski definition) is 0. The Labute approximate surface area is 140 Å². The molecular weight excluding hydrogens is 314 g/mol. The molecule has 0 unspecified atom stereocenters. The number of allylic oxidation sites excluding steroid dienone is 1. The van der Waals surface area contributed by atoms with Crippen molar-refractivity contribution in [2.45, 2.75) is 13.3 Å². The molecule has 0 heterocycles. The van der Waals surface area contributed by atoms with Crippen molar-refractivity contribution in [3.05, 3.63) is 58.7 Å². The zero-order valence-corrected chi connectivity index (χ0v) is 14.2. The Morgan fingerprint density at radius 3 is 2.25 bits per heavy atom. The van der Waals surface area contributed by atoms with Crippen LogP contribution in [0, 0.1) is 18.6 Å². The Balaban J connectivity index is 2.31. The number of methoxy groups -OCH3 is 3. The van der Waals surface area contributed by atoms with Crippen LogP contribution in [0.15, 0.2) is 30.3 Å². The Morgan fingerprint density at radius 1 is 0.958 bits per heavy atom. The minimum Gasteiger partial charge on any atom is -0.493 e. The van der Waals surface area contributed by atoms with Crippen LogP contribution in [0.4, 0.5) is 8.78 Å². The summed E-state index contributed by atoms with van der Waals surface area (Å²) in [5.74, 6) is 0.526. The number of ether oxygens (including phenoxy) is 3. The molecule has 2 rings (SSSR count). The molecule has 0 aliphatic rings. The maximum Gasteiger partial charge on any atom is 0.203 e. The first-order valence-electron chi connectivity index (χ1n) is 7.41. The van der Waals surface area contributed by atoms with Gasteiger partial charge in [0.1, 0.15) is 11.6 Å². The van der Waals surface area contributed by atoms with E-state index >= 15 is 0 Å². The smallest absolute Gasteiger partial charge is 0.203 e. The molecule has 0 radical (unpaired) electrons. The van der Waals surface area contributed by atoms with E-state index in [9.17, 15) is 8.78 Å². The molecule has 0 aliphatic heterocycles. The Morgan fingerprint density at radius 2 is 1.67 bits per heavy atom. The van der Waals surface area contributed by atoms with Gasteiger partial charge in [-0.3, -0.25) is 0 Å². The van der Waals surface area contributed by atoms with E-state index in [4.69, 9.17) is 14.2 Å². The van der Waals surface area contributed by atoms with Crippen molar-refractivity contribution in [2.24, 2.45) is 0 Å². The van der Waals surface area contributed by atoms with Gasteiger partial charge < -0.3 is 14.2 Å². The molecule has 0 fully saturated rings. The third-order valence-electron chi connectivity index (χ3n) is 3.77. The van der Waals surface area contributed by atoms with Gasteiger partial charge in [-0.2, -0.15) is 0 Å². The first-order chi connectivity index (χ1) is 11.5. The Bertz CT molecular complexity index is 755. The predicted molar refractivity (Wildman–Crippen MR) is 89.9 cm³/mol. The zero-order chi connectivity index (χ0) is 17.7. The van der Waals surface area contributed by atoms with Crippen molar-refractivity contribution in [1.29, 1.82) is 0 Å².